The molecule has 8 nitrogen and oxygen atoms in total. The first-order valence-corrected chi connectivity index (χ1v) is 10.2. The molecule has 0 radical (unpaired) electrons. The van der Waals surface area contributed by atoms with Crippen LogP contribution in [0.2, 0.25) is 5.02 Å². The molecule has 1 atom stereocenters. The van der Waals surface area contributed by atoms with Gasteiger partial charge in [0.25, 0.3) is 5.56 Å². The summed E-state index contributed by atoms with van der Waals surface area (Å²) in [7, 11) is 0. The van der Waals surface area contributed by atoms with Gasteiger partial charge in [-0.25, -0.2) is 9.97 Å². The first kappa shape index (κ1) is 19.7. The lowest BCUT2D eigenvalue weighted by Gasteiger charge is -2.21. The molecule has 5 rings (SSSR count). The fourth-order valence-corrected chi connectivity index (χ4v) is 4.09. The van der Waals surface area contributed by atoms with Gasteiger partial charge in [-0.1, -0.05) is 41.9 Å². The topological polar surface area (TPSA) is 112 Å². The third-order valence-electron chi connectivity index (χ3n) is 5.30. The van der Waals surface area contributed by atoms with Gasteiger partial charge in [0.05, 0.1) is 21.8 Å². The number of aromatic nitrogens is 5. The molecule has 0 spiro atoms. The van der Waals surface area contributed by atoms with Gasteiger partial charge in [-0.15, -0.1) is 0 Å². The number of rotatable bonds is 4. The van der Waals surface area contributed by atoms with E-state index in [1.165, 1.54) is 6.33 Å². The van der Waals surface area contributed by atoms with E-state index in [0.29, 0.717) is 33.0 Å². The van der Waals surface area contributed by atoms with Crippen LogP contribution in [0.4, 0.5) is 5.82 Å². The number of nitrogens with one attached hydrogen (secondary N) is 2. The van der Waals surface area contributed by atoms with Crippen molar-refractivity contribution in [2.45, 2.75) is 13.0 Å². The van der Waals surface area contributed by atoms with Gasteiger partial charge in [0.2, 0.25) is 0 Å². The molecule has 3 heterocycles. The van der Waals surface area contributed by atoms with E-state index in [2.05, 4.69) is 31.6 Å². The Bertz CT molecular complexity index is 1570. The Labute approximate surface area is 187 Å². The Morgan fingerprint density at radius 3 is 2.72 bits per heavy atom. The van der Waals surface area contributed by atoms with Gasteiger partial charge >= 0.3 is 0 Å². The summed E-state index contributed by atoms with van der Waals surface area (Å²) in [5, 5.41) is 21.6. The third-order valence-corrected chi connectivity index (χ3v) is 5.61. The minimum absolute atomic E-state index is 0.211. The zero-order valence-corrected chi connectivity index (χ0v) is 17.6. The predicted molar refractivity (Wildman–Crippen MR) is 123 cm³/mol. The van der Waals surface area contributed by atoms with Gasteiger partial charge in [0.1, 0.15) is 23.9 Å². The van der Waals surface area contributed by atoms with Crippen LogP contribution < -0.4 is 10.9 Å². The molecule has 0 aliphatic heterocycles. The van der Waals surface area contributed by atoms with Crippen LogP contribution in [0.25, 0.3) is 27.5 Å². The normalized spacial score (nSPS) is 12.0. The highest BCUT2D eigenvalue weighted by Crippen LogP contribution is 2.29. The van der Waals surface area contributed by atoms with Crippen LogP contribution in [0.5, 0.6) is 0 Å². The second-order valence-electron chi connectivity index (χ2n) is 7.25. The molecule has 0 fully saturated rings. The largest absolute Gasteiger partial charge is 0.361 e. The molecular formula is C23H16ClN7O. The average molecular weight is 442 g/mol. The molecule has 0 amide bonds. The molecule has 32 heavy (non-hydrogen) atoms. The minimum atomic E-state index is -0.356. The monoisotopic (exact) mass is 441 g/mol. The molecule has 0 aliphatic carbocycles. The second kappa shape index (κ2) is 7.80. The zero-order valence-electron chi connectivity index (χ0n) is 16.9. The molecule has 3 aromatic heterocycles. The van der Waals surface area contributed by atoms with E-state index in [4.69, 9.17) is 11.6 Å². The number of H-pyrrole nitrogens is 1. The summed E-state index contributed by atoms with van der Waals surface area (Å²) in [5.41, 5.74) is 1.87. The number of anilines is 1. The Hall–Kier alpha value is -4.22. The number of benzene rings is 2. The molecule has 5 aromatic rings. The lowest BCUT2D eigenvalue weighted by Crippen LogP contribution is -2.25. The van der Waals surface area contributed by atoms with Crippen LogP contribution in [0.15, 0.2) is 65.7 Å². The van der Waals surface area contributed by atoms with Crippen molar-refractivity contribution < 1.29 is 0 Å². The minimum Gasteiger partial charge on any atom is -0.361 e. The number of para-hydroxylation sites is 1. The fourth-order valence-electron chi connectivity index (χ4n) is 3.83. The lowest BCUT2D eigenvalue weighted by atomic mass is 10.1. The first-order valence-electron chi connectivity index (χ1n) is 9.84. The number of halogens is 1. The molecule has 2 aromatic carbocycles. The maximum absolute atomic E-state index is 13.6. The van der Waals surface area contributed by atoms with E-state index in [1.54, 1.807) is 10.6 Å². The average Bonchev–Trinajstić information content (AvgIpc) is 3.24. The summed E-state index contributed by atoms with van der Waals surface area (Å²) in [6.07, 6.45) is 1.38. The van der Waals surface area contributed by atoms with Gasteiger partial charge in [-0.05, 0) is 36.6 Å². The highest BCUT2D eigenvalue weighted by Gasteiger charge is 2.20. The van der Waals surface area contributed by atoms with Crippen molar-refractivity contribution in [2.75, 3.05) is 5.32 Å². The van der Waals surface area contributed by atoms with Crippen LogP contribution in [0.1, 0.15) is 24.4 Å². The maximum atomic E-state index is 13.6. The van der Waals surface area contributed by atoms with Crippen molar-refractivity contribution in [1.29, 1.82) is 5.26 Å². The van der Waals surface area contributed by atoms with E-state index >= 15 is 0 Å². The Morgan fingerprint density at radius 2 is 1.94 bits per heavy atom. The van der Waals surface area contributed by atoms with Gasteiger partial charge in [-0.3, -0.25) is 14.5 Å². The smallest absolute Gasteiger partial charge is 0.264 e. The molecule has 2 N–H and O–H groups in total. The van der Waals surface area contributed by atoms with Crippen molar-refractivity contribution in [2.24, 2.45) is 0 Å². The number of fused-ring (bicyclic) bond motifs is 2. The van der Waals surface area contributed by atoms with Crippen LogP contribution in [0.3, 0.4) is 0 Å². The highest BCUT2D eigenvalue weighted by molar-refractivity contribution is 6.35. The highest BCUT2D eigenvalue weighted by atomic mass is 35.5. The van der Waals surface area contributed by atoms with Gasteiger partial charge in [0, 0.05) is 11.4 Å². The molecule has 9 heteroatoms. The Balaban J connectivity index is 1.71. The first-order chi connectivity index (χ1) is 15.6. The molecule has 0 aliphatic rings. The third kappa shape index (κ3) is 3.16. The standard InChI is InChI=1S/C23H16ClN7O/c1-13(28-21-20-17(11-25)29-30-22(20)27-12-26-21)18-10-14-6-5-9-16(24)19(14)23(32)31(18)15-7-3-2-4-8-15/h2-10,12-13H,1H3,(H2,26,27,28,29,30). The van der Waals surface area contributed by atoms with Gasteiger partial charge in [-0.2, -0.15) is 10.4 Å². The quantitative estimate of drug-likeness (QED) is 0.428. The SMILES string of the molecule is CC(Nc1ncnc2n[nH]c(C#N)c12)c1cc2cccc(Cl)c2c(=O)n1-c1ccccc1. The number of nitriles is 1. The van der Waals surface area contributed by atoms with Gasteiger partial charge in [0.15, 0.2) is 5.65 Å². The van der Waals surface area contributed by atoms with Gasteiger partial charge < -0.3 is 5.32 Å². The summed E-state index contributed by atoms with van der Waals surface area (Å²) in [6, 6.07) is 18.4. The maximum Gasteiger partial charge on any atom is 0.264 e. The molecule has 156 valence electrons. The van der Waals surface area contributed by atoms with Crippen LogP contribution in [-0.2, 0) is 0 Å². The summed E-state index contributed by atoms with van der Waals surface area (Å²) in [4.78, 5) is 22.0. The molecule has 0 saturated heterocycles. The number of aromatic amines is 1. The Kier molecular flexibility index (Phi) is 4.81. The van der Waals surface area contributed by atoms with E-state index in [0.717, 1.165) is 11.1 Å². The molecule has 0 bridgehead atoms. The number of hydrogen-bond acceptors (Lipinski definition) is 6. The van der Waals surface area contributed by atoms with Crippen molar-refractivity contribution in [3.63, 3.8) is 0 Å². The molecule has 0 saturated carbocycles. The van der Waals surface area contributed by atoms with Crippen LogP contribution in [-0.4, -0.2) is 24.7 Å². The summed E-state index contributed by atoms with van der Waals surface area (Å²) in [6.45, 7) is 1.92. The zero-order chi connectivity index (χ0) is 22.2. The Morgan fingerprint density at radius 1 is 1.12 bits per heavy atom. The van der Waals surface area contributed by atoms with Crippen molar-refractivity contribution in [3.05, 3.63) is 87.7 Å². The number of nitrogens with zero attached hydrogens (tertiary/aromatic N) is 5. The lowest BCUT2D eigenvalue weighted by molar-refractivity contribution is 0.774. The number of hydrogen-bond donors (Lipinski definition) is 2. The van der Waals surface area contributed by atoms with Crippen molar-refractivity contribution >= 4 is 39.2 Å². The van der Waals surface area contributed by atoms with Crippen LogP contribution >= 0.6 is 11.6 Å². The molecule has 1 unspecified atom stereocenters. The van der Waals surface area contributed by atoms with Crippen molar-refractivity contribution in [1.82, 2.24) is 24.7 Å². The second-order valence-corrected chi connectivity index (χ2v) is 7.65. The summed E-state index contributed by atoms with van der Waals surface area (Å²) >= 11 is 6.38. The summed E-state index contributed by atoms with van der Waals surface area (Å²) < 4.78 is 1.64. The predicted octanol–water partition coefficient (Wildman–Crippen LogP) is 4.36. The van der Waals surface area contributed by atoms with E-state index in [1.807, 2.05) is 55.5 Å². The number of pyridine rings is 1. The van der Waals surface area contributed by atoms with Crippen LogP contribution in [0, 0.1) is 11.3 Å². The summed E-state index contributed by atoms with van der Waals surface area (Å²) in [5.74, 6) is 0.450. The van der Waals surface area contributed by atoms with Crippen molar-refractivity contribution in [3.8, 4) is 11.8 Å². The molecular weight excluding hydrogens is 426 g/mol. The fraction of sp³-hybridized carbons (Fsp3) is 0.0870. The van der Waals surface area contributed by atoms with E-state index in [-0.39, 0.29) is 17.3 Å². The van der Waals surface area contributed by atoms with E-state index in [9.17, 15) is 10.1 Å². The van der Waals surface area contributed by atoms with E-state index < -0.39 is 0 Å².